The molecule has 1 aromatic carbocycles. The summed E-state index contributed by atoms with van der Waals surface area (Å²) in [4.78, 5) is 17.0. The van der Waals surface area contributed by atoms with E-state index in [9.17, 15) is 4.79 Å². The first-order valence-corrected chi connectivity index (χ1v) is 9.24. The Morgan fingerprint density at radius 3 is 2.79 bits per heavy atom. The van der Waals surface area contributed by atoms with E-state index in [1.165, 1.54) is 4.90 Å². The molecule has 0 spiro atoms. The molecule has 1 amide bonds. The lowest BCUT2D eigenvalue weighted by Crippen LogP contribution is -2.25. The number of hydrogen-bond acceptors (Lipinski definition) is 4. The number of fused-ring (bicyclic) bond motifs is 1. The molecule has 1 saturated heterocycles. The zero-order chi connectivity index (χ0) is 19.7. The van der Waals surface area contributed by atoms with Crippen molar-refractivity contribution < 1.29 is 14.6 Å². The highest BCUT2D eigenvalue weighted by molar-refractivity contribution is 6.35. The van der Waals surface area contributed by atoms with Crippen molar-refractivity contribution in [1.82, 2.24) is 19.7 Å². The van der Waals surface area contributed by atoms with Gasteiger partial charge in [-0.15, -0.1) is 0 Å². The molecule has 7 nitrogen and oxygen atoms in total. The number of ether oxygens (including phenoxy) is 1. The molecule has 8 heteroatoms. The van der Waals surface area contributed by atoms with E-state index < -0.39 is 6.09 Å². The molecule has 28 heavy (non-hydrogen) atoms. The first-order valence-electron chi connectivity index (χ1n) is 8.86. The zero-order valence-corrected chi connectivity index (χ0v) is 16.1. The summed E-state index contributed by atoms with van der Waals surface area (Å²) in [6.07, 6.45) is 3.38. The molecule has 3 aromatic rings. The summed E-state index contributed by atoms with van der Waals surface area (Å²) >= 11 is 6.44. The molecule has 2 aromatic heterocycles. The van der Waals surface area contributed by atoms with Crippen LogP contribution in [0.1, 0.15) is 17.7 Å². The number of hydrogen-bond donors (Lipinski definition) is 1. The van der Waals surface area contributed by atoms with Crippen LogP contribution >= 0.6 is 11.6 Å². The number of halogens is 1. The fraction of sp³-hybridized carbons (Fsp3) is 0.250. The van der Waals surface area contributed by atoms with Crippen molar-refractivity contribution in [2.24, 2.45) is 0 Å². The molecule has 3 heterocycles. The third-order valence-electron chi connectivity index (χ3n) is 4.81. The Labute approximate surface area is 166 Å². The second-order valence-electron chi connectivity index (χ2n) is 6.64. The number of likely N-dealkylation sites (tertiary alicyclic amines) is 1. The molecule has 144 valence electrons. The highest BCUT2D eigenvalue weighted by atomic mass is 35.5. The van der Waals surface area contributed by atoms with E-state index >= 15 is 0 Å². The smallest absolute Gasteiger partial charge is 0.407 e. The van der Waals surface area contributed by atoms with Gasteiger partial charge in [0.25, 0.3) is 0 Å². The van der Waals surface area contributed by atoms with Gasteiger partial charge in [-0.25, -0.2) is 14.5 Å². The van der Waals surface area contributed by atoms with Gasteiger partial charge in [0.15, 0.2) is 5.65 Å². The van der Waals surface area contributed by atoms with Gasteiger partial charge in [0.2, 0.25) is 0 Å². The number of carbonyl (C=O) groups is 1. The van der Waals surface area contributed by atoms with Crippen LogP contribution in [0.3, 0.4) is 0 Å². The summed E-state index contributed by atoms with van der Waals surface area (Å²) in [5, 5.41) is 15.2. The third kappa shape index (κ3) is 3.53. The average Bonchev–Trinajstić information content (AvgIpc) is 3.29. The van der Waals surface area contributed by atoms with E-state index in [4.69, 9.17) is 26.5 Å². The van der Waals surface area contributed by atoms with Crippen LogP contribution in [-0.2, 0) is 6.54 Å². The van der Waals surface area contributed by atoms with Crippen LogP contribution in [0.4, 0.5) is 4.79 Å². The van der Waals surface area contributed by atoms with Crippen molar-refractivity contribution in [1.29, 1.82) is 0 Å². The summed E-state index contributed by atoms with van der Waals surface area (Å²) in [6, 6.07) is 9.52. The maximum absolute atomic E-state index is 11.2. The number of amides is 1. The summed E-state index contributed by atoms with van der Waals surface area (Å²) in [6.45, 7) is 1.43. The number of pyridine rings is 1. The van der Waals surface area contributed by atoms with Crippen LogP contribution in [0.15, 0.2) is 42.1 Å². The van der Waals surface area contributed by atoms with Crippen LogP contribution in [0.25, 0.3) is 17.1 Å². The maximum Gasteiger partial charge on any atom is 0.407 e. The van der Waals surface area contributed by atoms with Gasteiger partial charge in [0.1, 0.15) is 5.75 Å². The molecule has 1 N–H and O–H groups in total. The Bertz CT molecular complexity index is 1060. The first-order chi connectivity index (χ1) is 13.5. The molecule has 4 rings (SSSR count). The summed E-state index contributed by atoms with van der Waals surface area (Å²) in [5.74, 6) is 0.796. The molecular weight excluding hydrogens is 380 g/mol. The number of methoxy groups -OCH3 is 1. The van der Waals surface area contributed by atoms with Gasteiger partial charge < -0.3 is 14.7 Å². The van der Waals surface area contributed by atoms with Crippen LogP contribution in [0, 0.1) is 0 Å². The number of nitrogens with zero attached hydrogens (tertiary/aromatic N) is 4. The van der Waals surface area contributed by atoms with E-state index in [1.807, 2.05) is 35.0 Å². The minimum absolute atomic E-state index is 0.389. The highest BCUT2D eigenvalue weighted by Gasteiger charge is 2.22. The molecule has 1 aliphatic rings. The molecule has 1 aliphatic heterocycles. The molecule has 0 bridgehead atoms. The second kappa shape index (κ2) is 7.52. The molecule has 1 fully saturated rings. The standard InChI is InChI=1S/C20H19ClN4O3/c1-28-15-4-2-13(3-5-15)12-25-19-18(16(21)6-8-22-19)17(23-25)10-14-7-9-24(11-14)20(26)27/h2-6,8,10H,7,9,11-12H2,1H3,(H,26,27)/b14-10-. The quantitative estimate of drug-likeness (QED) is 0.720. The molecule has 0 unspecified atom stereocenters. The van der Waals surface area contributed by atoms with Gasteiger partial charge in [0.05, 0.1) is 29.8 Å². The minimum atomic E-state index is -0.905. The van der Waals surface area contributed by atoms with Gasteiger partial charge in [-0.2, -0.15) is 5.10 Å². The summed E-state index contributed by atoms with van der Waals surface area (Å²) in [5.41, 5.74) is 3.48. The lowest BCUT2D eigenvalue weighted by atomic mass is 10.1. The lowest BCUT2D eigenvalue weighted by Gasteiger charge is -2.08. The number of benzene rings is 1. The van der Waals surface area contributed by atoms with Crippen molar-refractivity contribution in [2.75, 3.05) is 20.2 Å². The molecular formula is C20H19ClN4O3. The highest BCUT2D eigenvalue weighted by Crippen LogP contribution is 2.29. The van der Waals surface area contributed by atoms with Crippen molar-refractivity contribution >= 4 is 34.8 Å². The fourth-order valence-electron chi connectivity index (χ4n) is 3.36. The number of aromatic nitrogens is 3. The van der Waals surface area contributed by atoms with E-state index in [0.717, 1.165) is 22.3 Å². The van der Waals surface area contributed by atoms with Crippen LogP contribution in [0.5, 0.6) is 5.75 Å². The largest absolute Gasteiger partial charge is 0.497 e. The van der Waals surface area contributed by atoms with E-state index in [0.29, 0.717) is 42.4 Å². The summed E-state index contributed by atoms with van der Waals surface area (Å²) in [7, 11) is 1.64. The molecule has 0 radical (unpaired) electrons. The topological polar surface area (TPSA) is 80.5 Å². The Morgan fingerprint density at radius 1 is 1.32 bits per heavy atom. The van der Waals surface area contributed by atoms with Gasteiger partial charge in [-0.05, 0) is 41.8 Å². The molecule has 0 aliphatic carbocycles. The number of carboxylic acid groups (broad SMARTS) is 1. The lowest BCUT2D eigenvalue weighted by molar-refractivity contribution is 0.156. The van der Waals surface area contributed by atoms with Gasteiger partial charge in [-0.1, -0.05) is 23.7 Å². The van der Waals surface area contributed by atoms with Crippen molar-refractivity contribution in [3.05, 3.63) is 58.4 Å². The molecule has 0 atom stereocenters. The van der Waals surface area contributed by atoms with Gasteiger partial charge in [0, 0.05) is 19.3 Å². The minimum Gasteiger partial charge on any atom is -0.497 e. The Balaban J connectivity index is 1.70. The van der Waals surface area contributed by atoms with Crippen molar-refractivity contribution in [3.63, 3.8) is 0 Å². The van der Waals surface area contributed by atoms with E-state index in [-0.39, 0.29) is 0 Å². The van der Waals surface area contributed by atoms with Crippen LogP contribution < -0.4 is 4.74 Å². The number of rotatable bonds is 4. The Hall–Kier alpha value is -3.06. The zero-order valence-electron chi connectivity index (χ0n) is 15.3. The van der Waals surface area contributed by atoms with Crippen LogP contribution in [-0.4, -0.2) is 51.1 Å². The van der Waals surface area contributed by atoms with Crippen LogP contribution in [0.2, 0.25) is 5.02 Å². The maximum atomic E-state index is 11.2. The summed E-state index contributed by atoms with van der Waals surface area (Å²) < 4.78 is 7.02. The van der Waals surface area contributed by atoms with E-state index in [2.05, 4.69) is 4.98 Å². The van der Waals surface area contributed by atoms with Gasteiger partial charge >= 0.3 is 6.09 Å². The van der Waals surface area contributed by atoms with E-state index in [1.54, 1.807) is 19.4 Å². The fourth-order valence-corrected chi connectivity index (χ4v) is 3.60. The van der Waals surface area contributed by atoms with Crippen molar-refractivity contribution in [2.45, 2.75) is 13.0 Å². The first kappa shape index (κ1) is 18.3. The Morgan fingerprint density at radius 2 is 2.11 bits per heavy atom. The third-order valence-corrected chi connectivity index (χ3v) is 5.12. The monoisotopic (exact) mass is 398 g/mol. The van der Waals surface area contributed by atoms with Crippen molar-refractivity contribution in [3.8, 4) is 5.75 Å². The normalized spacial score (nSPS) is 15.5. The molecule has 0 saturated carbocycles. The second-order valence-corrected chi connectivity index (χ2v) is 7.05. The Kier molecular flexibility index (Phi) is 4.92. The predicted molar refractivity (Wildman–Crippen MR) is 107 cm³/mol. The van der Waals surface area contributed by atoms with Gasteiger partial charge in [-0.3, -0.25) is 0 Å². The SMILES string of the molecule is COc1ccc(Cn2nc(/C=C3/CCN(C(=O)O)C3)c3c(Cl)ccnc32)cc1. The predicted octanol–water partition coefficient (Wildman–Crippen LogP) is 3.91. The average molecular weight is 399 g/mol.